The largest absolute Gasteiger partial charge is 0.497 e. The number of benzene rings is 1. The number of nitrogens with one attached hydrogen (secondary N) is 1. The van der Waals surface area contributed by atoms with Crippen LogP contribution in [-0.2, 0) is 0 Å². The minimum absolute atomic E-state index is 0.706. The molecule has 1 N–H and O–H groups in total. The van der Waals surface area contributed by atoms with Gasteiger partial charge in [-0.2, -0.15) is 0 Å². The van der Waals surface area contributed by atoms with Crippen LogP contribution < -0.4 is 10.1 Å². The Balaban J connectivity index is 2.38. The minimum Gasteiger partial charge on any atom is -0.497 e. The van der Waals surface area contributed by atoms with Gasteiger partial charge in [-0.15, -0.1) is 0 Å². The van der Waals surface area contributed by atoms with Crippen molar-refractivity contribution in [3.05, 3.63) is 34.0 Å². The Morgan fingerprint density at radius 2 is 1.94 bits per heavy atom. The van der Waals surface area contributed by atoms with Gasteiger partial charge in [0.2, 0.25) is 0 Å². The predicted molar refractivity (Wildman–Crippen MR) is 76.3 cm³/mol. The highest BCUT2D eigenvalue weighted by molar-refractivity contribution is 14.1. The maximum Gasteiger partial charge on any atom is 0.161 e. The van der Waals surface area contributed by atoms with E-state index in [1.165, 1.54) is 0 Å². The molecule has 0 spiro atoms. The molecular formula is C12H12IN3O. The van der Waals surface area contributed by atoms with Crippen LogP contribution in [0.2, 0.25) is 0 Å². The summed E-state index contributed by atoms with van der Waals surface area (Å²) in [5, 5.41) is 3.04. The third-order valence-corrected chi connectivity index (χ3v) is 3.12. The van der Waals surface area contributed by atoms with E-state index in [-0.39, 0.29) is 0 Å². The Morgan fingerprint density at radius 3 is 2.53 bits per heavy atom. The SMILES string of the molecule is CNc1nc(-c2ccc(OC)cc2)ncc1I. The summed E-state index contributed by atoms with van der Waals surface area (Å²) < 4.78 is 6.12. The van der Waals surface area contributed by atoms with E-state index in [1.54, 1.807) is 13.3 Å². The summed E-state index contributed by atoms with van der Waals surface area (Å²) >= 11 is 2.20. The monoisotopic (exact) mass is 341 g/mol. The van der Waals surface area contributed by atoms with Crippen LogP contribution in [0.5, 0.6) is 5.75 Å². The van der Waals surface area contributed by atoms with Crippen LogP contribution in [0.1, 0.15) is 0 Å². The van der Waals surface area contributed by atoms with E-state index in [1.807, 2.05) is 31.3 Å². The zero-order valence-electron chi connectivity index (χ0n) is 9.57. The molecule has 1 aromatic heterocycles. The van der Waals surface area contributed by atoms with Crippen LogP contribution in [0.15, 0.2) is 30.5 Å². The van der Waals surface area contributed by atoms with Crippen molar-refractivity contribution in [3.8, 4) is 17.1 Å². The first kappa shape index (κ1) is 12.1. The van der Waals surface area contributed by atoms with Gasteiger partial charge in [-0.25, -0.2) is 9.97 Å². The molecule has 17 heavy (non-hydrogen) atoms. The lowest BCUT2D eigenvalue weighted by Gasteiger charge is -2.06. The summed E-state index contributed by atoms with van der Waals surface area (Å²) in [5.74, 6) is 2.37. The number of nitrogens with zero attached hydrogens (tertiary/aromatic N) is 2. The normalized spacial score (nSPS) is 10.1. The molecule has 0 atom stereocenters. The summed E-state index contributed by atoms with van der Waals surface area (Å²) in [7, 11) is 3.50. The topological polar surface area (TPSA) is 47.0 Å². The van der Waals surface area contributed by atoms with Crippen molar-refractivity contribution in [2.75, 3.05) is 19.5 Å². The predicted octanol–water partition coefficient (Wildman–Crippen LogP) is 2.80. The molecule has 0 saturated heterocycles. The van der Waals surface area contributed by atoms with E-state index in [2.05, 4.69) is 37.9 Å². The number of anilines is 1. The molecule has 0 radical (unpaired) electrons. The molecule has 1 heterocycles. The van der Waals surface area contributed by atoms with E-state index < -0.39 is 0 Å². The van der Waals surface area contributed by atoms with Crippen molar-refractivity contribution in [2.45, 2.75) is 0 Å². The standard InChI is InChI=1S/C12H12IN3O/c1-14-12-10(13)7-15-11(16-12)8-3-5-9(17-2)6-4-8/h3-7H,1-2H3,(H,14,15,16). The number of hydrogen-bond acceptors (Lipinski definition) is 4. The first-order chi connectivity index (χ1) is 8.24. The molecular weight excluding hydrogens is 329 g/mol. The average molecular weight is 341 g/mol. The highest BCUT2D eigenvalue weighted by atomic mass is 127. The fourth-order valence-corrected chi connectivity index (χ4v) is 1.95. The van der Waals surface area contributed by atoms with Gasteiger partial charge in [0.1, 0.15) is 11.6 Å². The molecule has 0 fully saturated rings. The van der Waals surface area contributed by atoms with Crippen LogP contribution in [0.3, 0.4) is 0 Å². The Labute approximate surface area is 114 Å². The van der Waals surface area contributed by atoms with Gasteiger partial charge in [0.15, 0.2) is 5.82 Å². The second kappa shape index (κ2) is 5.31. The maximum absolute atomic E-state index is 5.11. The molecule has 2 aromatic rings. The number of rotatable bonds is 3. The molecule has 0 saturated carbocycles. The Morgan fingerprint density at radius 1 is 1.24 bits per heavy atom. The van der Waals surface area contributed by atoms with Gasteiger partial charge in [0, 0.05) is 18.8 Å². The molecule has 0 bridgehead atoms. The molecule has 0 aliphatic heterocycles. The molecule has 2 rings (SSSR count). The van der Waals surface area contributed by atoms with E-state index >= 15 is 0 Å². The van der Waals surface area contributed by atoms with Crippen molar-refractivity contribution >= 4 is 28.4 Å². The van der Waals surface area contributed by atoms with Gasteiger partial charge in [-0.3, -0.25) is 0 Å². The van der Waals surface area contributed by atoms with Crippen molar-refractivity contribution in [1.82, 2.24) is 9.97 Å². The number of ether oxygens (including phenoxy) is 1. The third-order valence-electron chi connectivity index (χ3n) is 2.33. The van der Waals surface area contributed by atoms with E-state index in [9.17, 15) is 0 Å². The quantitative estimate of drug-likeness (QED) is 0.873. The van der Waals surface area contributed by atoms with E-state index in [0.717, 1.165) is 20.7 Å². The molecule has 0 unspecified atom stereocenters. The van der Waals surface area contributed by atoms with E-state index in [0.29, 0.717) is 5.82 Å². The fourth-order valence-electron chi connectivity index (χ4n) is 1.42. The Bertz CT molecular complexity index is 514. The molecule has 0 aliphatic carbocycles. The minimum atomic E-state index is 0.706. The number of halogens is 1. The van der Waals surface area contributed by atoms with Gasteiger partial charge in [-0.05, 0) is 46.9 Å². The third kappa shape index (κ3) is 2.66. The van der Waals surface area contributed by atoms with Crippen LogP contribution >= 0.6 is 22.6 Å². The zero-order valence-corrected chi connectivity index (χ0v) is 11.7. The summed E-state index contributed by atoms with van der Waals surface area (Å²) in [5.41, 5.74) is 0.971. The number of aromatic nitrogens is 2. The summed E-state index contributed by atoms with van der Waals surface area (Å²) in [6.45, 7) is 0. The highest BCUT2D eigenvalue weighted by Crippen LogP contribution is 2.22. The summed E-state index contributed by atoms with van der Waals surface area (Å²) in [6.07, 6.45) is 1.80. The first-order valence-corrected chi connectivity index (χ1v) is 6.17. The van der Waals surface area contributed by atoms with Gasteiger partial charge in [0.05, 0.1) is 10.7 Å². The van der Waals surface area contributed by atoms with Gasteiger partial charge < -0.3 is 10.1 Å². The van der Waals surface area contributed by atoms with Gasteiger partial charge in [-0.1, -0.05) is 0 Å². The average Bonchev–Trinajstić information content (AvgIpc) is 2.39. The zero-order chi connectivity index (χ0) is 12.3. The highest BCUT2D eigenvalue weighted by Gasteiger charge is 2.05. The number of methoxy groups -OCH3 is 1. The molecule has 4 nitrogen and oxygen atoms in total. The molecule has 5 heteroatoms. The lowest BCUT2D eigenvalue weighted by molar-refractivity contribution is 0.415. The molecule has 0 aliphatic rings. The van der Waals surface area contributed by atoms with Gasteiger partial charge in [0.25, 0.3) is 0 Å². The lowest BCUT2D eigenvalue weighted by atomic mass is 10.2. The van der Waals surface area contributed by atoms with Crippen LogP contribution in [-0.4, -0.2) is 24.1 Å². The smallest absolute Gasteiger partial charge is 0.161 e. The maximum atomic E-state index is 5.11. The van der Waals surface area contributed by atoms with Crippen molar-refractivity contribution in [1.29, 1.82) is 0 Å². The first-order valence-electron chi connectivity index (χ1n) is 5.09. The molecule has 0 amide bonds. The Hall–Kier alpha value is -1.37. The summed E-state index contributed by atoms with van der Waals surface area (Å²) in [4.78, 5) is 8.76. The van der Waals surface area contributed by atoms with Crippen molar-refractivity contribution < 1.29 is 4.74 Å². The summed E-state index contributed by atoms with van der Waals surface area (Å²) in [6, 6.07) is 7.69. The van der Waals surface area contributed by atoms with Crippen molar-refractivity contribution in [3.63, 3.8) is 0 Å². The Kier molecular flexibility index (Phi) is 3.78. The second-order valence-corrected chi connectivity index (χ2v) is 4.53. The number of hydrogen-bond donors (Lipinski definition) is 1. The van der Waals surface area contributed by atoms with Crippen molar-refractivity contribution in [2.24, 2.45) is 0 Å². The lowest BCUT2D eigenvalue weighted by Crippen LogP contribution is -1.99. The van der Waals surface area contributed by atoms with Gasteiger partial charge >= 0.3 is 0 Å². The second-order valence-electron chi connectivity index (χ2n) is 3.37. The van der Waals surface area contributed by atoms with E-state index in [4.69, 9.17) is 4.74 Å². The van der Waals surface area contributed by atoms with Crippen LogP contribution in [0.4, 0.5) is 5.82 Å². The fraction of sp³-hybridized carbons (Fsp3) is 0.167. The van der Waals surface area contributed by atoms with Crippen LogP contribution in [0, 0.1) is 3.57 Å². The molecule has 88 valence electrons. The van der Waals surface area contributed by atoms with Crippen LogP contribution in [0.25, 0.3) is 11.4 Å². The molecule has 1 aromatic carbocycles.